The van der Waals surface area contributed by atoms with E-state index >= 15 is 0 Å². The second-order valence-electron chi connectivity index (χ2n) is 2.13. The normalized spacial score (nSPS) is 22.0. The zero-order valence-corrected chi connectivity index (χ0v) is 5.18. The van der Waals surface area contributed by atoms with Crippen molar-refractivity contribution in [1.82, 2.24) is 0 Å². The van der Waals surface area contributed by atoms with Gasteiger partial charge < -0.3 is 0 Å². The summed E-state index contributed by atoms with van der Waals surface area (Å²) in [6.07, 6.45) is 3.49. The number of allylic oxidation sites excluding steroid dienone is 4. The highest BCUT2D eigenvalue weighted by molar-refractivity contribution is 5.78. The molecule has 0 atom stereocenters. The van der Waals surface area contributed by atoms with Gasteiger partial charge in [-0.3, -0.25) is 4.79 Å². The van der Waals surface area contributed by atoms with Crippen molar-refractivity contribution in [3.63, 3.8) is 0 Å². The van der Waals surface area contributed by atoms with Crippen LogP contribution in [0.1, 0.15) is 6.42 Å². The van der Waals surface area contributed by atoms with Gasteiger partial charge in [-0.1, -0.05) is 12.2 Å². The van der Waals surface area contributed by atoms with Crippen LogP contribution in [0, 0.1) is 0 Å². The molecule has 1 aliphatic carbocycles. The Morgan fingerprint density at radius 1 is 1.60 bits per heavy atom. The highest BCUT2D eigenvalue weighted by Gasteiger charge is 2.26. The maximum absolute atomic E-state index is 12.4. The van der Waals surface area contributed by atoms with Gasteiger partial charge in [0.15, 0.2) is 0 Å². The van der Waals surface area contributed by atoms with Crippen LogP contribution >= 0.6 is 0 Å². The van der Waals surface area contributed by atoms with Crippen molar-refractivity contribution in [2.45, 2.75) is 12.3 Å². The molecule has 0 fully saturated rings. The van der Waals surface area contributed by atoms with Gasteiger partial charge in [0, 0.05) is 12.0 Å². The molecule has 0 aromatic carbocycles. The van der Waals surface area contributed by atoms with Crippen LogP contribution in [0.25, 0.3) is 0 Å². The summed E-state index contributed by atoms with van der Waals surface area (Å²) in [6, 6.07) is 0. The summed E-state index contributed by atoms with van der Waals surface area (Å²) >= 11 is 0. The molecule has 0 saturated carbocycles. The second kappa shape index (κ2) is 2.33. The largest absolute Gasteiger partial charge is 0.298 e. The fourth-order valence-corrected chi connectivity index (χ4v) is 0.776. The molecule has 0 bridgehead atoms. The quantitative estimate of drug-likeness (QED) is 0.512. The van der Waals surface area contributed by atoms with Gasteiger partial charge in [-0.15, -0.1) is 0 Å². The molecule has 0 aliphatic heterocycles. The third kappa shape index (κ3) is 1.50. The van der Waals surface area contributed by atoms with Crippen molar-refractivity contribution in [3.8, 4) is 0 Å². The number of rotatable bonds is 1. The lowest BCUT2D eigenvalue weighted by atomic mass is 10.1. The Bertz CT molecular complexity index is 204. The molecule has 0 saturated heterocycles. The van der Waals surface area contributed by atoms with E-state index < -0.39 is 5.92 Å². The topological polar surface area (TPSA) is 17.1 Å². The number of hydrogen-bond donors (Lipinski definition) is 0. The van der Waals surface area contributed by atoms with Crippen LogP contribution in [0.2, 0.25) is 0 Å². The summed E-state index contributed by atoms with van der Waals surface area (Å²) in [4.78, 5) is 9.99. The van der Waals surface area contributed by atoms with E-state index in [0.29, 0.717) is 12.4 Å². The summed E-state index contributed by atoms with van der Waals surface area (Å²) in [5.74, 6) is -2.83. The van der Waals surface area contributed by atoms with Crippen LogP contribution in [0.15, 0.2) is 23.8 Å². The number of carbonyl (C=O) groups excluding carboxylic acids is 1. The Labute approximate surface area is 57.0 Å². The SMILES string of the molecule is O=CC1=CC(F)(F)CC=C1. The highest BCUT2D eigenvalue weighted by Crippen LogP contribution is 2.25. The fourth-order valence-electron chi connectivity index (χ4n) is 0.776. The molecule has 0 spiro atoms. The zero-order chi connectivity index (χ0) is 7.61. The first kappa shape index (κ1) is 7.12. The number of alkyl halides is 2. The Kier molecular flexibility index (Phi) is 1.66. The van der Waals surface area contributed by atoms with E-state index in [1.165, 1.54) is 12.2 Å². The molecular formula is C7H6F2O. The van der Waals surface area contributed by atoms with Crippen LogP contribution in [0.3, 0.4) is 0 Å². The minimum Gasteiger partial charge on any atom is -0.298 e. The number of aldehydes is 1. The van der Waals surface area contributed by atoms with Crippen LogP contribution in [-0.4, -0.2) is 12.2 Å². The maximum atomic E-state index is 12.4. The van der Waals surface area contributed by atoms with Gasteiger partial charge in [-0.05, 0) is 6.08 Å². The first-order valence-electron chi connectivity index (χ1n) is 2.86. The Balaban J connectivity index is 2.84. The summed E-state index contributed by atoms with van der Waals surface area (Å²) in [6.45, 7) is 0. The molecule has 0 amide bonds. The molecule has 0 unspecified atom stereocenters. The third-order valence-electron chi connectivity index (χ3n) is 1.21. The van der Waals surface area contributed by atoms with Gasteiger partial charge >= 0.3 is 0 Å². The summed E-state index contributed by atoms with van der Waals surface area (Å²) in [7, 11) is 0. The molecule has 3 heteroatoms. The van der Waals surface area contributed by atoms with Crippen molar-refractivity contribution < 1.29 is 13.6 Å². The molecular weight excluding hydrogens is 138 g/mol. The van der Waals surface area contributed by atoms with E-state index in [2.05, 4.69) is 0 Å². The lowest BCUT2D eigenvalue weighted by Gasteiger charge is -2.12. The van der Waals surface area contributed by atoms with Gasteiger partial charge in [-0.2, -0.15) is 0 Å². The highest BCUT2D eigenvalue weighted by atomic mass is 19.3. The van der Waals surface area contributed by atoms with Crippen molar-refractivity contribution in [1.29, 1.82) is 0 Å². The van der Waals surface area contributed by atoms with Gasteiger partial charge in [0.05, 0.1) is 0 Å². The van der Waals surface area contributed by atoms with Crippen LogP contribution in [-0.2, 0) is 4.79 Å². The van der Waals surface area contributed by atoms with Gasteiger partial charge in [-0.25, -0.2) is 8.78 Å². The number of carbonyl (C=O) groups is 1. The fraction of sp³-hybridized carbons (Fsp3) is 0.286. The smallest absolute Gasteiger partial charge is 0.270 e. The number of hydrogen-bond acceptors (Lipinski definition) is 1. The maximum Gasteiger partial charge on any atom is 0.270 e. The predicted molar refractivity (Wildman–Crippen MR) is 32.9 cm³/mol. The van der Waals surface area contributed by atoms with Gasteiger partial charge in [0.1, 0.15) is 6.29 Å². The van der Waals surface area contributed by atoms with Gasteiger partial charge in [0.25, 0.3) is 5.92 Å². The molecule has 10 heavy (non-hydrogen) atoms. The molecule has 1 nitrogen and oxygen atoms in total. The second-order valence-corrected chi connectivity index (χ2v) is 2.13. The molecule has 0 radical (unpaired) electrons. The van der Waals surface area contributed by atoms with E-state index in [4.69, 9.17) is 0 Å². The van der Waals surface area contributed by atoms with E-state index in [1.54, 1.807) is 0 Å². The van der Waals surface area contributed by atoms with Crippen molar-refractivity contribution in [3.05, 3.63) is 23.8 Å². The Hall–Kier alpha value is -0.990. The van der Waals surface area contributed by atoms with E-state index in [9.17, 15) is 13.6 Å². The van der Waals surface area contributed by atoms with E-state index in [1.807, 2.05) is 0 Å². The molecule has 0 N–H and O–H groups in total. The number of halogens is 2. The van der Waals surface area contributed by atoms with Crippen molar-refractivity contribution in [2.24, 2.45) is 0 Å². The Morgan fingerprint density at radius 3 is 2.70 bits per heavy atom. The zero-order valence-electron chi connectivity index (χ0n) is 5.18. The van der Waals surface area contributed by atoms with Crippen LogP contribution in [0.5, 0.6) is 0 Å². The molecule has 54 valence electrons. The van der Waals surface area contributed by atoms with Crippen molar-refractivity contribution >= 4 is 6.29 Å². The summed E-state index contributed by atoms with van der Waals surface area (Å²) in [5.41, 5.74) is 0.0521. The molecule has 1 rings (SSSR count). The molecule has 0 heterocycles. The summed E-state index contributed by atoms with van der Waals surface area (Å²) in [5, 5.41) is 0. The first-order valence-corrected chi connectivity index (χ1v) is 2.86. The minimum atomic E-state index is -2.83. The van der Waals surface area contributed by atoms with Crippen LogP contribution in [0.4, 0.5) is 8.78 Å². The average Bonchev–Trinajstić information content (AvgIpc) is 1.86. The third-order valence-corrected chi connectivity index (χ3v) is 1.21. The standard InChI is InChI=1S/C7H6F2O/c8-7(9)3-1-2-6(4-7)5-10/h1-2,4-5H,3H2. The monoisotopic (exact) mass is 144 g/mol. The average molecular weight is 144 g/mol. The lowest BCUT2D eigenvalue weighted by molar-refractivity contribution is -0.104. The molecule has 1 aliphatic rings. The predicted octanol–water partition coefficient (Wildman–Crippen LogP) is 1.71. The minimum absolute atomic E-state index is 0.0521. The van der Waals surface area contributed by atoms with E-state index in [0.717, 1.165) is 0 Å². The summed E-state index contributed by atoms with van der Waals surface area (Å²) < 4.78 is 24.7. The van der Waals surface area contributed by atoms with E-state index in [-0.39, 0.29) is 12.0 Å². The van der Waals surface area contributed by atoms with Crippen molar-refractivity contribution in [2.75, 3.05) is 0 Å². The lowest BCUT2D eigenvalue weighted by Crippen LogP contribution is -2.14. The Morgan fingerprint density at radius 2 is 2.30 bits per heavy atom. The molecule has 0 aromatic heterocycles. The molecule has 0 aromatic rings. The van der Waals surface area contributed by atoms with Gasteiger partial charge in [0.2, 0.25) is 0 Å². The van der Waals surface area contributed by atoms with Crippen LogP contribution < -0.4 is 0 Å². The first-order chi connectivity index (χ1) is 4.64.